The first kappa shape index (κ1) is 11.7. The Morgan fingerprint density at radius 3 is 2.67 bits per heavy atom. The minimum atomic E-state index is 0.491. The number of rotatable bonds is 2. The highest BCUT2D eigenvalue weighted by molar-refractivity contribution is 6.32. The molecular weight excluding hydrogens is 248 g/mol. The number of likely N-dealkylation sites (N-methyl/N-ethyl adjacent to an activating group) is 1. The molecule has 0 bridgehead atoms. The van der Waals surface area contributed by atoms with E-state index in [0.717, 1.165) is 36.4 Å². The van der Waals surface area contributed by atoms with Crippen molar-refractivity contribution in [3.63, 3.8) is 0 Å². The van der Waals surface area contributed by atoms with E-state index in [-0.39, 0.29) is 0 Å². The lowest BCUT2D eigenvalue weighted by Crippen LogP contribution is -2.30. The van der Waals surface area contributed by atoms with Crippen molar-refractivity contribution in [3.05, 3.63) is 29.4 Å². The van der Waals surface area contributed by atoms with E-state index in [9.17, 15) is 0 Å². The molecule has 2 heterocycles. The third kappa shape index (κ3) is 2.02. The number of nitrogens with zero attached hydrogens (tertiary/aromatic N) is 3. The topological polar surface area (TPSA) is 41.0 Å². The van der Waals surface area contributed by atoms with Crippen LogP contribution in [0.5, 0.6) is 0 Å². The van der Waals surface area contributed by atoms with Crippen molar-refractivity contribution in [1.82, 2.24) is 15.3 Å². The van der Waals surface area contributed by atoms with Crippen molar-refractivity contribution in [2.75, 3.05) is 25.0 Å². The summed E-state index contributed by atoms with van der Waals surface area (Å²) >= 11 is 6.24. The molecule has 1 aliphatic heterocycles. The molecule has 5 heteroatoms. The van der Waals surface area contributed by atoms with Crippen LogP contribution in [0.4, 0.5) is 5.82 Å². The standard InChI is InChI=1S/C13H15ClN4/c1-15-9-6-7-18(8-9)13-12(14)16-10-4-2-3-5-11(10)17-13/h2-5,9,15H,6-8H2,1H3. The van der Waals surface area contributed by atoms with Gasteiger partial charge in [-0.1, -0.05) is 23.7 Å². The second-order valence-corrected chi connectivity index (χ2v) is 4.91. The monoisotopic (exact) mass is 262 g/mol. The Balaban J connectivity index is 1.99. The van der Waals surface area contributed by atoms with Gasteiger partial charge in [-0.05, 0) is 25.6 Å². The molecule has 0 spiro atoms. The van der Waals surface area contributed by atoms with Crippen molar-refractivity contribution in [1.29, 1.82) is 0 Å². The molecule has 1 saturated heterocycles. The van der Waals surface area contributed by atoms with Gasteiger partial charge in [-0.2, -0.15) is 0 Å². The molecule has 1 fully saturated rings. The molecule has 1 aliphatic rings. The number of benzene rings is 1. The molecule has 94 valence electrons. The first-order valence-corrected chi connectivity index (χ1v) is 6.50. The second-order valence-electron chi connectivity index (χ2n) is 4.55. The fraction of sp³-hybridized carbons (Fsp3) is 0.385. The summed E-state index contributed by atoms with van der Waals surface area (Å²) in [6.07, 6.45) is 1.11. The summed E-state index contributed by atoms with van der Waals surface area (Å²) in [5.74, 6) is 0.799. The van der Waals surface area contributed by atoms with Crippen molar-refractivity contribution >= 4 is 28.5 Å². The number of aromatic nitrogens is 2. The summed E-state index contributed by atoms with van der Waals surface area (Å²) in [6.45, 7) is 1.90. The lowest BCUT2D eigenvalue weighted by Gasteiger charge is -2.18. The number of anilines is 1. The van der Waals surface area contributed by atoms with E-state index in [2.05, 4.69) is 20.2 Å². The highest BCUT2D eigenvalue weighted by Gasteiger charge is 2.24. The van der Waals surface area contributed by atoms with Crippen LogP contribution < -0.4 is 10.2 Å². The molecule has 4 nitrogen and oxygen atoms in total. The summed E-state index contributed by atoms with van der Waals surface area (Å²) < 4.78 is 0. The largest absolute Gasteiger partial charge is 0.352 e. The van der Waals surface area contributed by atoms with E-state index in [1.165, 1.54) is 0 Å². The van der Waals surface area contributed by atoms with Crippen molar-refractivity contribution < 1.29 is 0 Å². The lowest BCUT2D eigenvalue weighted by atomic mass is 10.3. The molecule has 3 rings (SSSR count). The quantitative estimate of drug-likeness (QED) is 0.900. The molecule has 1 N–H and O–H groups in total. The van der Waals surface area contributed by atoms with Crippen LogP contribution in [0, 0.1) is 0 Å². The summed E-state index contributed by atoms with van der Waals surface area (Å²) in [6, 6.07) is 8.32. The smallest absolute Gasteiger partial charge is 0.172 e. The maximum Gasteiger partial charge on any atom is 0.172 e. The third-order valence-electron chi connectivity index (χ3n) is 3.41. The fourth-order valence-corrected chi connectivity index (χ4v) is 2.61. The number of hydrogen-bond acceptors (Lipinski definition) is 4. The molecule has 0 radical (unpaired) electrons. The lowest BCUT2D eigenvalue weighted by molar-refractivity contribution is 0.616. The summed E-state index contributed by atoms with van der Waals surface area (Å²) in [5.41, 5.74) is 1.74. The van der Waals surface area contributed by atoms with E-state index in [4.69, 9.17) is 11.6 Å². The second kappa shape index (κ2) is 4.71. The van der Waals surface area contributed by atoms with Crippen LogP contribution in [-0.4, -0.2) is 36.1 Å². The number of nitrogens with one attached hydrogen (secondary N) is 1. The van der Waals surface area contributed by atoms with Gasteiger partial charge in [-0.15, -0.1) is 0 Å². The predicted molar refractivity (Wildman–Crippen MR) is 74.2 cm³/mol. The van der Waals surface area contributed by atoms with Crippen molar-refractivity contribution in [3.8, 4) is 0 Å². The van der Waals surface area contributed by atoms with Crippen molar-refractivity contribution in [2.45, 2.75) is 12.5 Å². The first-order valence-electron chi connectivity index (χ1n) is 6.12. The van der Waals surface area contributed by atoms with E-state index in [1.54, 1.807) is 0 Å². The predicted octanol–water partition coefficient (Wildman–Crippen LogP) is 2.08. The molecule has 1 aromatic carbocycles. The molecule has 1 atom stereocenters. The molecule has 18 heavy (non-hydrogen) atoms. The van der Waals surface area contributed by atoms with Crippen LogP contribution >= 0.6 is 11.6 Å². The van der Waals surface area contributed by atoms with E-state index in [0.29, 0.717) is 11.2 Å². The summed E-state index contributed by atoms with van der Waals surface area (Å²) in [7, 11) is 1.99. The Labute approximate surface area is 111 Å². The Kier molecular flexibility index (Phi) is 3.06. The fourth-order valence-electron chi connectivity index (χ4n) is 2.36. The Bertz CT molecular complexity index is 572. The van der Waals surface area contributed by atoms with Crippen LogP contribution in [0.25, 0.3) is 11.0 Å². The molecular formula is C13H15ClN4. The zero-order valence-corrected chi connectivity index (χ0v) is 11.0. The first-order chi connectivity index (χ1) is 8.78. The van der Waals surface area contributed by atoms with Gasteiger partial charge in [-0.25, -0.2) is 9.97 Å². The SMILES string of the molecule is CNC1CCN(c2nc3ccccc3nc2Cl)C1. The molecule has 0 aliphatic carbocycles. The van der Waals surface area contributed by atoms with Gasteiger partial charge < -0.3 is 10.2 Å². The number of fused-ring (bicyclic) bond motifs is 1. The number of hydrogen-bond donors (Lipinski definition) is 1. The van der Waals surface area contributed by atoms with Gasteiger partial charge >= 0.3 is 0 Å². The third-order valence-corrected chi connectivity index (χ3v) is 3.66. The normalized spacial score (nSPS) is 19.7. The van der Waals surface area contributed by atoms with E-state index in [1.807, 2.05) is 31.3 Å². The highest BCUT2D eigenvalue weighted by atomic mass is 35.5. The van der Waals surface area contributed by atoms with Gasteiger partial charge in [0.2, 0.25) is 0 Å². The van der Waals surface area contributed by atoms with Crippen LogP contribution in [0.3, 0.4) is 0 Å². The van der Waals surface area contributed by atoms with Crippen LogP contribution in [-0.2, 0) is 0 Å². The minimum absolute atomic E-state index is 0.491. The van der Waals surface area contributed by atoms with Crippen LogP contribution in [0.1, 0.15) is 6.42 Å². The van der Waals surface area contributed by atoms with E-state index < -0.39 is 0 Å². The van der Waals surface area contributed by atoms with Gasteiger partial charge in [0, 0.05) is 19.1 Å². The Hall–Kier alpha value is -1.39. The van der Waals surface area contributed by atoms with Gasteiger partial charge in [0.25, 0.3) is 0 Å². The maximum atomic E-state index is 6.24. The van der Waals surface area contributed by atoms with Crippen LogP contribution in [0.15, 0.2) is 24.3 Å². The zero-order chi connectivity index (χ0) is 12.5. The Morgan fingerprint density at radius 2 is 2.00 bits per heavy atom. The minimum Gasteiger partial charge on any atom is -0.352 e. The average molecular weight is 263 g/mol. The molecule has 2 aromatic rings. The van der Waals surface area contributed by atoms with Gasteiger partial charge in [0.05, 0.1) is 11.0 Å². The van der Waals surface area contributed by atoms with E-state index >= 15 is 0 Å². The number of para-hydroxylation sites is 2. The Morgan fingerprint density at radius 1 is 1.28 bits per heavy atom. The molecule has 1 aromatic heterocycles. The average Bonchev–Trinajstić information content (AvgIpc) is 2.86. The van der Waals surface area contributed by atoms with Crippen LogP contribution in [0.2, 0.25) is 5.15 Å². The van der Waals surface area contributed by atoms with Gasteiger partial charge in [0.15, 0.2) is 11.0 Å². The van der Waals surface area contributed by atoms with Gasteiger partial charge in [0.1, 0.15) is 0 Å². The maximum absolute atomic E-state index is 6.24. The number of halogens is 1. The highest BCUT2D eigenvalue weighted by Crippen LogP contribution is 2.27. The summed E-state index contributed by atoms with van der Waals surface area (Å²) in [5, 5.41) is 3.78. The van der Waals surface area contributed by atoms with Gasteiger partial charge in [-0.3, -0.25) is 0 Å². The molecule has 0 saturated carbocycles. The summed E-state index contributed by atoms with van der Waals surface area (Å²) in [4.78, 5) is 11.2. The molecule has 1 unspecified atom stereocenters. The van der Waals surface area contributed by atoms with Crippen molar-refractivity contribution in [2.24, 2.45) is 0 Å². The molecule has 0 amide bonds. The zero-order valence-electron chi connectivity index (χ0n) is 10.2.